The second-order valence-electron chi connectivity index (χ2n) is 4.73. The molecule has 1 rings (SSSR count). The van der Waals surface area contributed by atoms with Crippen LogP contribution in [0.5, 0.6) is 0 Å². The van der Waals surface area contributed by atoms with Crippen LogP contribution >= 0.6 is 0 Å². The fourth-order valence-corrected chi connectivity index (χ4v) is 1.94. The number of carbonyl (C=O) groups is 2. The third-order valence-corrected chi connectivity index (χ3v) is 3.31. The van der Waals surface area contributed by atoms with Crippen LogP contribution < -0.4 is 11.1 Å². The normalized spacial score (nSPS) is 19.1. The van der Waals surface area contributed by atoms with E-state index in [0.717, 1.165) is 38.5 Å². The molecule has 4 heteroatoms. The number of primary amides is 1. The van der Waals surface area contributed by atoms with Crippen LogP contribution in [-0.4, -0.2) is 23.3 Å². The minimum atomic E-state index is -0.439. The summed E-state index contributed by atoms with van der Waals surface area (Å²) >= 11 is 0. The number of carbonyl (C=O) groups excluding carboxylic acids is 2. The molecule has 0 aromatic rings. The highest BCUT2D eigenvalue weighted by molar-refractivity contribution is 5.90. The molecule has 4 nitrogen and oxygen atoms in total. The van der Waals surface area contributed by atoms with Gasteiger partial charge in [-0.3, -0.25) is 14.9 Å². The molecule has 0 unspecified atom stereocenters. The maximum Gasteiger partial charge on any atom is 0.234 e. The second kappa shape index (κ2) is 5.43. The minimum Gasteiger partial charge on any atom is -0.368 e. The maximum atomic E-state index is 11.4. The first-order chi connectivity index (χ1) is 7.52. The first-order valence-corrected chi connectivity index (χ1v) is 6.10. The number of Topliss-reactive ketones (excluding diaryl/α,β-unsaturated/α-hetero) is 1. The third kappa shape index (κ3) is 3.30. The highest BCUT2D eigenvalue weighted by Crippen LogP contribution is 2.36. The summed E-state index contributed by atoms with van der Waals surface area (Å²) in [6, 6.07) is -0.349. The molecule has 0 aliphatic heterocycles. The largest absolute Gasteiger partial charge is 0.368 e. The van der Waals surface area contributed by atoms with E-state index >= 15 is 0 Å². The van der Waals surface area contributed by atoms with Gasteiger partial charge in [0.15, 0.2) is 0 Å². The third-order valence-electron chi connectivity index (χ3n) is 3.31. The molecule has 0 saturated heterocycles. The molecule has 1 fully saturated rings. The summed E-state index contributed by atoms with van der Waals surface area (Å²) in [5, 5.41) is 3.14. The molecule has 1 atom stereocenters. The molecule has 0 heterocycles. The smallest absolute Gasteiger partial charge is 0.234 e. The van der Waals surface area contributed by atoms with E-state index in [1.54, 1.807) is 6.92 Å². The van der Waals surface area contributed by atoms with Crippen molar-refractivity contribution in [2.45, 2.75) is 64.0 Å². The Bertz CT molecular complexity index is 272. The summed E-state index contributed by atoms with van der Waals surface area (Å²) in [4.78, 5) is 22.7. The van der Waals surface area contributed by atoms with Crippen LogP contribution in [0.2, 0.25) is 0 Å². The van der Waals surface area contributed by atoms with Gasteiger partial charge in [-0.1, -0.05) is 26.2 Å². The average Bonchev–Trinajstić information content (AvgIpc) is 2.97. The average molecular weight is 226 g/mol. The maximum absolute atomic E-state index is 11.4. The molecule has 1 amide bonds. The summed E-state index contributed by atoms with van der Waals surface area (Å²) in [6.45, 7) is 3.69. The predicted octanol–water partition coefficient (Wildman–Crippen LogP) is 1.13. The Morgan fingerprint density at radius 1 is 1.38 bits per heavy atom. The van der Waals surface area contributed by atoms with Gasteiger partial charge in [0.1, 0.15) is 5.78 Å². The van der Waals surface area contributed by atoms with E-state index in [1.807, 2.05) is 0 Å². The number of hydrogen-bond acceptors (Lipinski definition) is 3. The zero-order valence-electron chi connectivity index (χ0n) is 10.2. The summed E-state index contributed by atoms with van der Waals surface area (Å²) in [5.74, 6) is -0.224. The number of amides is 1. The molecular weight excluding hydrogens is 204 g/mol. The van der Waals surface area contributed by atoms with Crippen molar-refractivity contribution in [3.05, 3.63) is 0 Å². The summed E-state index contributed by atoms with van der Waals surface area (Å²) in [7, 11) is 0. The van der Waals surface area contributed by atoms with Crippen LogP contribution in [0, 0.1) is 0 Å². The number of nitrogens with two attached hydrogens (primary N) is 1. The van der Waals surface area contributed by atoms with Crippen molar-refractivity contribution in [1.82, 2.24) is 5.32 Å². The summed E-state index contributed by atoms with van der Waals surface area (Å²) < 4.78 is 0. The van der Waals surface area contributed by atoms with Gasteiger partial charge in [0, 0.05) is 0 Å². The first-order valence-electron chi connectivity index (χ1n) is 6.10. The number of rotatable bonds is 8. The SMILES string of the molecule is CCCCC[C@H](NC1(C(C)=O)CC1)C(N)=O. The first kappa shape index (κ1) is 13.2. The number of ketones is 1. The second-order valence-corrected chi connectivity index (χ2v) is 4.73. The molecule has 92 valence electrons. The van der Waals surface area contributed by atoms with Crippen LogP contribution in [0.4, 0.5) is 0 Å². The van der Waals surface area contributed by atoms with Crippen molar-refractivity contribution in [2.75, 3.05) is 0 Å². The molecule has 16 heavy (non-hydrogen) atoms. The van der Waals surface area contributed by atoms with Crippen LogP contribution in [0.3, 0.4) is 0 Å². The van der Waals surface area contributed by atoms with Crippen LogP contribution in [0.1, 0.15) is 52.4 Å². The number of unbranched alkanes of at least 4 members (excludes halogenated alkanes) is 2. The molecule has 1 aliphatic carbocycles. The van der Waals surface area contributed by atoms with Crippen molar-refractivity contribution in [3.63, 3.8) is 0 Å². The lowest BCUT2D eigenvalue weighted by atomic mass is 10.0. The van der Waals surface area contributed by atoms with E-state index in [0.29, 0.717) is 0 Å². The van der Waals surface area contributed by atoms with Gasteiger partial charge in [-0.25, -0.2) is 0 Å². The highest BCUT2D eigenvalue weighted by atomic mass is 16.1. The molecule has 1 saturated carbocycles. The van der Waals surface area contributed by atoms with Crippen LogP contribution in [0.25, 0.3) is 0 Å². The van der Waals surface area contributed by atoms with Gasteiger partial charge >= 0.3 is 0 Å². The van der Waals surface area contributed by atoms with E-state index in [2.05, 4.69) is 12.2 Å². The van der Waals surface area contributed by atoms with Crippen molar-refractivity contribution in [3.8, 4) is 0 Å². The molecule has 0 radical (unpaired) electrons. The quantitative estimate of drug-likeness (QED) is 0.609. The fraction of sp³-hybridized carbons (Fsp3) is 0.833. The minimum absolute atomic E-state index is 0.120. The molecular formula is C12H22N2O2. The Morgan fingerprint density at radius 2 is 2.00 bits per heavy atom. The summed E-state index contributed by atoms with van der Waals surface area (Å²) in [5.41, 5.74) is 4.90. The summed E-state index contributed by atoms with van der Waals surface area (Å²) in [6.07, 6.45) is 5.59. The van der Waals surface area contributed by atoms with Crippen molar-refractivity contribution >= 4 is 11.7 Å². The Balaban J connectivity index is 2.45. The van der Waals surface area contributed by atoms with Gasteiger partial charge in [-0.05, 0) is 26.2 Å². The Labute approximate surface area is 97.0 Å². The Kier molecular flexibility index (Phi) is 4.47. The zero-order chi connectivity index (χ0) is 12.2. The van der Waals surface area contributed by atoms with Gasteiger partial charge < -0.3 is 5.73 Å². The van der Waals surface area contributed by atoms with Gasteiger partial charge in [0.2, 0.25) is 5.91 Å². The topological polar surface area (TPSA) is 72.2 Å². The van der Waals surface area contributed by atoms with E-state index in [1.165, 1.54) is 0 Å². The van der Waals surface area contributed by atoms with E-state index in [4.69, 9.17) is 5.73 Å². The fourth-order valence-electron chi connectivity index (χ4n) is 1.94. The standard InChI is InChI=1S/C12H22N2O2/c1-3-4-5-6-10(11(13)16)14-12(7-8-12)9(2)15/h10,14H,3-8H2,1-2H3,(H2,13,16)/t10-/m0/s1. The predicted molar refractivity (Wildman–Crippen MR) is 62.9 cm³/mol. The van der Waals surface area contributed by atoms with Crippen molar-refractivity contribution in [1.29, 1.82) is 0 Å². The molecule has 0 aromatic carbocycles. The lowest BCUT2D eigenvalue weighted by molar-refractivity contribution is -0.122. The van der Waals surface area contributed by atoms with Crippen LogP contribution in [-0.2, 0) is 9.59 Å². The molecule has 0 aromatic heterocycles. The van der Waals surface area contributed by atoms with Gasteiger partial charge in [0.05, 0.1) is 11.6 Å². The molecule has 0 bridgehead atoms. The van der Waals surface area contributed by atoms with E-state index < -0.39 is 5.54 Å². The Morgan fingerprint density at radius 3 is 2.38 bits per heavy atom. The monoisotopic (exact) mass is 226 g/mol. The van der Waals surface area contributed by atoms with Gasteiger partial charge in [-0.15, -0.1) is 0 Å². The number of hydrogen-bond donors (Lipinski definition) is 2. The molecule has 1 aliphatic rings. The molecule has 0 spiro atoms. The van der Waals surface area contributed by atoms with Gasteiger partial charge in [-0.2, -0.15) is 0 Å². The highest BCUT2D eigenvalue weighted by Gasteiger charge is 2.48. The Hall–Kier alpha value is -0.900. The van der Waals surface area contributed by atoms with Crippen molar-refractivity contribution < 1.29 is 9.59 Å². The van der Waals surface area contributed by atoms with Gasteiger partial charge in [0.25, 0.3) is 0 Å². The molecule has 3 N–H and O–H groups in total. The lowest BCUT2D eigenvalue weighted by Crippen LogP contribution is -2.50. The zero-order valence-corrected chi connectivity index (χ0v) is 10.2. The van der Waals surface area contributed by atoms with E-state index in [9.17, 15) is 9.59 Å². The lowest BCUT2D eigenvalue weighted by Gasteiger charge is -2.21. The van der Waals surface area contributed by atoms with Crippen molar-refractivity contribution in [2.24, 2.45) is 5.73 Å². The van der Waals surface area contributed by atoms with E-state index in [-0.39, 0.29) is 17.7 Å². The van der Waals surface area contributed by atoms with Crippen LogP contribution in [0.15, 0.2) is 0 Å². The number of nitrogens with one attached hydrogen (secondary N) is 1.